The number of rotatable bonds is 2. The highest BCUT2D eigenvalue weighted by Gasteiger charge is 2.53. The molecule has 1 aromatic heterocycles. The van der Waals surface area contributed by atoms with Crippen molar-refractivity contribution in [2.45, 2.75) is 18.3 Å². The minimum atomic E-state index is -0.720. The summed E-state index contributed by atoms with van der Waals surface area (Å²) in [6.07, 6.45) is 13.0. The lowest BCUT2D eigenvalue weighted by Crippen LogP contribution is -2.44. The first-order valence-electron chi connectivity index (χ1n) is 7.01. The van der Waals surface area contributed by atoms with Crippen LogP contribution in [-0.2, 0) is 5.41 Å². The largest absolute Gasteiger partial charge is 0.426 e. The molecular formula is C16H12N4OS. The van der Waals surface area contributed by atoms with Gasteiger partial charge < -0.3 is 4.42 Å². The summed E-state index contributed by atoms with van der Waals surface area (Å²) in [4.78, 5) is 4.57. The van der Waals surface area contributed by atoms with Gasteiger partial charge in [0.15, 0.2) is 0 Å². The van der Waals surface area contributed by atoms with E-state index in [1.165, 1.54) is 6.39 Å². The third-order valence-electron chi connectivity index (χ3n) is 4.33. The maximum Gasteiger partial charge on any atom is 0.237 e. The fourth-order valence-corrected chi connectivity index (χ4v) is 3.69. The van der Waals surface area contributed by atoms with Gasteiger partial charge in [-0.25, -0.2) is 4.99 Å². The van der Waals surface area contributed by atoms with E-state index >= 15 is 0 Å². The van der Waals surface area contributed by atoms with E-state index in [1.54, 1.807) is 11.8 Å². The maximum absolute atomic E-state index is 9.70. The summed E-state index contributed by atoms with van der Waals surface area (Å²) in [7, 11) is 0. The predicted octanol–water partition coefficient (Wildman–Crippen LogP) is 3.28. The molecule has 0 saturated heterocycles. The summed E-state index contributed by atoms with van der Waals surface area (Å²) in [5.74, 6) is 0.447. The normalized spacial score (nSPS) is 29.4. The standard InChI is InChI=1S/C16H12N4OS/c17-9-16(15-20-19-10-21-15)6-5-13(16)12-4-3-11-2-1-7-22-14(11)18-8-12/h1-4,7-8,10,13H,5-6H2. The van der Waals surface area contributed by atoms with Crippen molar-refractivity contribution in [2.75, 3.05) is 0 Å². The van der Waals surface area contributed by atoms with Crippen LogP contribution in [0.5, 0.6) is 0 Å². The van der Waals surface area contributed by atoms with Gasteiger partial charge in [-0.2, -0.15) is 5.26 Å². The van der Waals surface area contributed by atoms with Gasteiger partial charge in [0.25, 0.3) is 0 Å². The van der Waals surface area contributed by atoms with Crippen molar-refractivity contribution >= 4 is 16.8 Å². The van der Waals surface area contributed by atoms with Crippen LogP contribution in [0.15, 0.2) is 62.9 Å². The van der Waals surface area contributed by atoms with Gasteiger partial charge >= 0.3 is 0 Å². The Labute approximate surface area is 131 Å². The molecule has 1 saturated carbocycles. The maximum atomic E-state index is 9.70. The fraction of sp³-hybridized carbons (Fsp3) is 0.250. The van der Waals surface area contributed by atoms with E-state index in [2.05, 4.69) is 27.3 Å². The highest BCUT2D eigenvalue weighted by Crippen LogP contribution is 2.51. The zero-order chi connectivity index (χ0) is 15.0. The van der Waals surface area contributed by atoms with E-state index in [4.69, 9.17) is 4.42 Å². The predicted molar refractivity (Wildman–Crippen MR) is 83.8 cm³/mol. The lowest BCUT2D eigenvalue weighted by atomic mass is 9.58. The Balaban J connectivity index is 1.70. The minimum absolute atomic E-state index is 0.0391. The van der Waals surface area contributed by atoms with E-state index in [1.807, 2.05) is 29.8 Å². The van der Waals surface area contributed by atoms with Crippen LogP contribution in [0, 0.1) is 17.2 Å². The molecule has 2 atom stereocenters. The molecule has 1 aromatic rings. The van der Waals surface area contributed by atoms with Gasteiger partial charge in [0.1, 0.15) is 10.5 Å². The Kier molecular flexibility index (Phi) is 3.09. The Morgan fingerprint density at radius 3 is 3.09 bits per heavy atom. The first-order valence-corrected chi connectivity index (χ1v) is 7.89. The third kappa shape index (κ3) is 1.90. The van der Waals surface area contributed by atoms with E-state index in [0.29, 0.717) is 5.89 Å². The molecule has 1 aliphatic carbocycles. The van der Waals surface area contributed by atoms with Gasteiger partial charge in [0.2, 0.25) is 12.3 Å². The van der Waals surface area contributed by atoms with E-state index in [9.17, 15) is 5.26 Å². The minimum Gasteiger partial charge on any atom is -0.426 e. The number of nitrogens with zero attached hydrogens (tertiary/aromatic N) is 4. The second-order valence-electron chi connectivity index (χ2n) is 5.38. The zero-order valence-corrected chi connectivity index (χ0v) is 12.5. The molecule has 0 aromatic carbocycles. The van der Waals surface area contributed by atoms with Gasteiger partial charge in [-0.1, -0.05) is 36.1 Å². The average molecular weight is 308 g/mol. The Hall–Kier alpha value is -2.39. The molecule has 4 rings (SSSR count). The molecule has 108 valence electrons. The third-order valence-corrected chi connectivity index (χ3v) is 5.19. The van der Waals surface area contributed by atoms with Crippen LogP contribution in [0.4, 0.5) is 0 Å². The number of aliphatic imine (C=N–C) groups is 1. The average Bonchev–Trinajstić information content (AvgIpc) is 2.97. The van der Waals surface area contributed by atoms with Crippen LogP contribution in [0.1, 0.15) is 18.7 Å². The summed E-state index contributed by atoms with van der Waals surface area (Å²) in [6, 6.07) is 2.40. The Bertz CT molecular complexity index is 795. The summed E-state index contributed by atoms with van der Waals surface area (Å²) >= 11 is 1.60. The second kappa shape index (κ2) is 5.11. The summed E-state index contributed by atoms with van der Waals surface area (Å²) in [5.41, 5.74) is 1.41. The molecule has 0 bridgehead atoms. The molecule has 5 nitrogen and oxygen atoms in total. The molecule has 6 heteroatoms. The number of allylic oxidation sites excluding steroid dienone is 5. The SMILES string of the molecule is N#CC1(c2nnco2)CCC1C1=CN=C2SC=CC=C2C=C1. The number of hydrogen-bond acceptors (Lipinski definition) is 6. The van der Waals surface area contributed by atoms with Crippen molar-refractivity contribution < 1.29 is 4.42 Å². The summed E-state index contributed by atoms with van der Waals surface area (Å²) in [6.45, 7) is 0. The molecule has 3 heterocycles. The van der Waals surface area contributed by atoms with Gasteiger partial charge in [-0.05, 0) is 23.8 Å². The van der Waals surface area contributed by atoms with Crippen molar-refractivity contribution in [3.05, 3.63) is 59.3 Å². The molecule has 2 aliphatic heterocycles. The van der Waals surface area contributed by atoms with Gasteiger partial charge in [0.05, 0.1) is 6.07 Å². The number of thioether (sulfide) groups is 1. The molecule has 3 aliphatic rings. The number of aromatic nitrogens is 2. The smallest absolute Gasteiger partial charge is 0.237 e. The number of nitriles is 1. The van der Waals surface area contributed by atoms with Crippen LogP contribution in [0.3, 0.4) is 0 Å². The van der Waals surface area contributed by atoms with E-state index < -0.39 is 5.41 Å². The van der Waals surface area contributed by atoms with Gasteiger partial charge in [-0.15, -0.1) is 10.2 Å². The topological polar surface area (TPSA) is 75.1 Å². The lowest BCUT2D eigenvalue weighted by molar-refractivity contribution is 0.179. The van der Waals surface area contributed by atoms with Crippen molar-refractivity contribution in [1.29, 1.82) is 5.26 Å². The first kappa shape index (κ1) is 13.3. The number of fused-ring (bicyclic) bond motifs is 1. The first-order chi connectivity index (χ1) is 10.8. The van der Waals surface area contributed by atoms with Crippen LogP contribution in [0.25, 0.3) is 0 Å². The van der Waals surface area contributed by atoms with Gasteiger partial charge in [-0.3, -0.25) is 0 Å². The fourth-order valence-electron chi connectivity index (χ4n) is 3.02. The second-order valence-corrected chi connectivity index (χ2v) is 6.28. The van der Waals surface area contributed by atoms with Crippen molar-refractivity contribution in [3.8, 4) is 6.07 Å². The molecule has 22 heavy (non-hydrogen) atoms. The monoisotopic (exact) mass is 308 g/mol. The van der Waals surface area contributed by atoms with Crippen molar-refractivity contribution in [1.82, 2.24) is 10.2 Å². The zero-order valence-electron chi connectivity index (χ0n) is 11.6. The molecule has 1 fully saturated rings. The molecular weight excluding hydrogens is 296 g/mol. The van der Waals surface area contributed by atoms with Crippen LogP contribution < -0.4 is 0 Å². The van der Waals surface area contributed by atoms with E-state index in [0.717, 1.165) is 29.0 Å². The quantitative estimate of drug-likeness (QED) is 0.838. The molecule has 0 spiro atoms. The molecule has 0 amide bonds. The van der Waals surface area contributed by atoms with Crippen molar-refractivity contribution in [3.63, 3.8) is 0 Å². The summed E-state index contributed by atoms with van der Waals surface area (Å²) in [5, 5.41) is 20.4. The van der Waals surface area contributed by atoms with Crippen LogP contribution >= 0.6 is 11.8 Å². The van der Waals surface area contributed by atoms with E-state index in [-0.39, 0.29) is 5.92 Å². The number of hydrogen-bond donors (Lipinski definition) is 0. The van der Waals surface area contributed by atoms with Crippen LogP contribution in [-0.4, -0.2) is 15.2 Å². The molecule has 2 unspecified atom stereocenters. The lowest BCUT2D eigenvalue weighted by Gasteiger charge is -2.42. The Morgan fingerprint density at radius 1 is 1.41 bits per heavy atom. The van der Waals surface area contributed by atoms with Gasteiger partial charge in [0, 0.05) is 17.7 Å². The Morgan fingerprint density at radius 2 is 2.36 bits per heavy atom. The summed E-state index contributed by atoms with van der Waals surface area (Å²) < 4.78 is 5.32. The highest BCUT2D eigenvalue weighted by molar-refractivity contribution is 8.17. The molecule has 0 radical (unpaired) electrons. The molecule has 0 N–H and O–H groups in total. The van der Waals surface area contributed by atoms with Crippen molar-refractivity contribution in [2.24, 2.45) is 10.9 Å². The highest BCUT2D eigenvalue weighted by atomic mass is 32.2. The van der Waals surface area contributed by atoms with Crippen LogP contribution in [0.2, 0.25) is 0 Å².